The van der Waals surface area contributed by atoms with E-state index in [1.54, 1.807) is 72.8 Å². The van der Waals surface area contributed by atoms with Gasteiger partial charge in [0, 0.05) is 5.75 Å². The Morgan fingerprint density at radius 2 is 1.12 bits per heavy atom. The SMILES string of the molecule is NCC(=O)N(C(CS)(C(=O)O)C(=O)CN)C(c1ccccc1)(c1ccccc1)c1ccccc1. The molecule has 0 aromatic heterocycles. The van der Waals surface area contributed by atoms with E-state index < -0.39 is 47.6 Å². The van der Waals surface area contributed by atoms with Crippen molar-refractivity contribution in [3.05, 3.63) is 108 Å². The van der Waals surface area contributed by atoms with Gasteiger partial charge in [0.1, 0.15) is 5.54 Å². The molecule has 0 bridgehead atoms. The predicted molar refractivity (Wildman–Crippen MR) is 133 cm³/mol. The Bertz CT molecular complexity index is 1050. The van der Waals surface area contributed by atoms with Crippen LogP contribution in [-0.2, 0) is 19.9 Å². The van der Waals surface area contributed by atoms with Crippen LogP contribution in [0.1, 0.15) is 16.7 Å². The van der Waals surface area contributed by atoms with E-state index in [4.69, 9.17) is 11.5 Å². The molecule has 5 N–H and O–H groups in total. The highest BCUT2D eigenvalue weighted by molar-refractivity contribution is 7.80. The molecule has 1 amide bonds. The summed E-state index contributed by atoms with van der Waals surface area (Å²) in [4.78, 5) is 41.0. The summed E-state index contributed by atoms with van der Waals surface area (Å²) in [6.07, 6.45) is 0. The van der Waals surface area contributed by atoms with E-state index in [1.165, 1.54) is 0 Å². The molecule has 0 radical (unpaired) electrons. The van der Waals surface area contributed by atoms with Gasteiger partial charge in [-0.1, -0.05) is 91.0 Å². The number of carbonyl (C=O) groups excluding carboxylic acids is 2. The topological polar surface area (TPSA) is 127 Å². The number of carboxylic acid groups (broad SMARTS) is 1. The monoisotopic (exact) mass is 477 g/mol. The number of amides is 1. The van der Waals surface area contributed by atoms with Crippen molar-refractivity contribution < 1.29 is 19.5 Å². The van der Waals surface area contributed by atoms with Gasteiger partial charge in [0.05, 0.1) is 13.1 Å². The first-order chi connectivity index (χ1) is 16.4. The van der Waals surface area contributed by atoms with E-state index in [-0.39, 0.29) is 0 Å². The Balaban J connectivity index is 2.62. The molecule has 1 atom stereocenters. The molecule has 7 nitrogen and oxygen atoms in total. The highest BCUT2D eigenvalue weighted by Crippen LogP contribution is 2.46. The highest BCUT2D eigenvalue weighted by Gasteiger charge is 2.60. The summed E-state index contributed by atoms with van der Waals surface area (Å²) in [6, 6.07) is 26.9. The molecule has 8 heteroatoms. The molecule has 0 fully saturated rings. The van der Waals surface area contributed by atoms with Crippen LogP contribution in [0.2, 0.25) is 0 Å². The summed E-state index contributed by atoms with van der Waals surface area (Å²) in [5.41, 5.74) is 9.34. The van der Waals surface area contributed by atoms with Gasteiger partial charge in [0.15, 0.2) is 5.78 Å². The summed E-state index contributed by atoms with van der Waals surface area (Å²) in [5.74, 6) is -3.64. The first-order valence-corrected chi connectivity index (χ1v) is 11.3. The molecule has 0 spiro atoms. The number of carboxylic acids is 1. The number of nitrogens with zero attached hydrogens (tertiary/aromatic N) is 1. The number of rotatable bonds is 10. The van der Waals surface area contributed by atoms with Crippen molar-refractivity contribution in [2.24, 2.45) is 11.5 Å². The van der Waals surface area contributed by atoms with Crippen LogP contribution in [0.5, 0.6) is 0 Å². The Labute approximate surface area is 203 Å². The van der Waals surface area contributed by atoms with E-state index in [0.717, 1.165) is 4.90 Å². The third-order valence-corrected chi connectivity index (χ3v) is 6.40. The average molecular weight is 478 g/mol. The van der Waals surface area contributed by atoms with Crippen LogP contribution in [0.3, 0.4) is 0 Å². The lowest BCUT2D eigenvalue weighted by Gasteiger charge is -2.52. The smallest absolute Gasteiger partial charge is 0.338 e. The van der Waals surface area contributed by atoms with E-state index in [2.05, 4.69) is 12.6 Å². The molecular weight excluding hydrogens is 450 g/mol. The Morgan fingerprint density at radius 1 is 0.735 bits per heavy atom. The quantitative estimate of drug-likeness (QED) is 0.201. The van der Waals surface area contributed by atoms with Gasteiger partial charge >= 0.3 is 5.97 Å². The largest absolute Gasteiger partial charge is 0.479 e. The van der Waals surface area contributed by atoms with Gasteiger partial charge in [-0.15, -0.1) is 0 Å². The van der Waals surface area contributed by atoms with Crippen molar-refractivity contribution in [2.75, 3.05) is 18.8 Å². The molecule has 3 aromatic carbocycles. The molecule has 0 aliphatic rings. The van der Waals surface area contributed by atoms with Crippen LogP contribution in [0.25, 0.3) is 0 Å². The maximum Gasteiger partial charge on any atom is 0.338 e. The molecular formula is C26H27N3O4S. The lowest BCUT2D eigenvalue weighted by Crippen LogP contribution is -2.72. The maximum atomic E-state index is 13.7. The normalized spacial score (nSPS) is 13.0. The van der Waals surface area contributed by atoms with Crippen LogP contribution in [0, 0.1) is 0 Å². The summed E-state index contributed by atoms with van der Waals surface area (Å²) < 4.78 is 0. The van der Waals surface area contributed by atoms with Gasteiger partial charge in [-0.05, 0) is 16.7 Å². The standard InChI is InChI=1S/C26H27N3O4S/c27-16-22(30)25(18-34,24(32)33)29(23(31)17-28)26(19-10-4-1-5-11-19,20-12-6-2-7-13-20)21-14-8-3-9-15-21/h1-15,34H,16-18,27-28H2,(H,32,33). The molecule has 176 valence electrons. The van der Waals surface area contributed by atoms with Gasteiger partial charge in [-0.3, -0.25) is 14.5 Å². The highest BCUT2D eigenvalue weighted by atomic mass is 32.1. The average Bonchev–Trinajstić information content (AvgIpc) is 2.89. The molecule has 0 aliphatic carbocycles. The van der Waals surface area contributed by atoms with Crippen LogP contribution in [0.4, 0.5) is 0 Å². The molecule has 1 unspecified atom stereocenters. The first kappa shape index (κ1) is 25.2. The second-order valence-corrected chi connectivity index (χ2v) is 8.01. The zero-order chi connectivity index (χ0) is 24.8. The zero-order valence-corrected chi connectivity index (χ0v) is 19.4. The third-order valence-electron chi connectivity index (χ3n) is 5.95. The van der Waals surface area contributed by atoms with Crippen molar-refractivity contribution in [1.82, 2.24) is 4.90 Å². The number of hydrogen-bond donors (Lipinski definition) is 4. The van der Waals surface area contributed by atoms with Crippen LogP contribution in [-0.4, -0.2) is 52.0 Å². The lowest BCUT2D eigenvalue weighted by atomic mass is 9.72. The zero-order valence-electron chi connectivity index (χ0n) is 18.5. The minimum atomic E-state index is -2.39. The number of ketones is 1. The minimum absolute atomic E-state index is 0.502. The Morgan fingerprint density at radius 3 is 1.38 bits per heavy atom. The maximum absolute atomic E-state index is 13.7. The first-order valence-electron chi connectivity index (χ1n) is 10.7. The number of aliphatic carboxylic acids is 1. The number of benzene rings is 3. The Hall–Kier alpha value is -3.46. The second-order valence-electron chi connectivity index (χ2n) is 7.69. The van der Waals surface area contributed by atoms with Crippen LogP contribution >= 0.6 is 12.6 Å². The molecule has 3 aromatic rings. The van der Waals surface area contributed by atoms with Crippen molar-refractivity contribution >= 4 is 30.3 Å². The molecule has 0 saturated heterocycles. The minimum Gasteiger partial charge on any atom is -0.479 e. The molecule has 3 rings (SSSR count). The van der Waals surface area contributed by atoms with Crippen molar-refractivity contribution in [3.63, 3.8) is 0 Å². The van der Waals surface area contributed by atoms with Gasteiger partial charge in [0.2, 0.25) is 11.4 Å². The number of hydrogen-bond acceptors (Lipinski definition) is 6. The van der Waals surface area contributed by atoms with E-state index in [0.29, 0.717) is 16.7 Å². The lowest BCUT2D eigenvalue weighted by molar-refractivity contribution is -0.167. The fourth-order valence-corrected chi connectivity index (χ4v) is 4.89. The fraction of sp³-hybridized carbons (Fsp3) is 0.192. The van der Waals surface area contributed by atoms with Gasteiger partial charge in [-0.2, -0.15) is 12.6 Å². The number of carbonyl (C=O) groups is 3. The summed E-state index contributed by atoms with van der Waals surface area (Å²) >= 11 is 4.28. The van der Waals surface area contributed by atoms with Gasteiger partial charge in [-0.25, -0.2) is 4.79 Å². The summed E-state index contributed by atoms with van der Waals surface area (Å²) in [7, 11) is 0. The molecule has 0 aliphatic heterocycles. The number of thiol groups is 1. The second kappa shape index (κ2) is 10.6. The number of Topliss-reactive ketones (excluding diaryl/α,β-unsaturated/α-hetero) is 1. The Kier molecular flexibility index (Phi) is 7.88. The van der Waals surface area contributed by atoms with E-state index in [9.17, 15) is 19.5 Å². The van der Waals surface area contributed by atoms with Crippen molar-refractivity contribution in [1.29, 1.82) is 0 Å². The van der Waals surface area contributed by atoms with Crippen molar-refractivity contribution in [2.45, 2.75) is 11.1 Å². The van der Waals surface area contributed by atoms with Crippen LogP contribution < -0.4 is 11.5 Å². The van der Waals surface area contributed by atoms with Crippen molar-refractivity contribution in [3.8, 4) is 0 Å². The van der Waals surface area contributed by atoms with E-state index >= 15 is 0 Å². The predicted octanol–water partition coefficient (Wildman–Crippen LogP) is 2.05. The van der Waals surface area contributed by atoms with E-state index in [1.807, 2.05) is 18.2 Å². The summed E-state index contributed by atoms with van der Waals surface area (Å²) in [5, 5.41) is 10.5. The van der Waals surface area contributed by atoms with Gasteiger partial charge in [0.25, 0.3) is 0 Å². The molecule has 0 heterocycles. The fourth-order valence-electron chi connectivity index (χ4n) is 4.44. The number of nitrogens with two attached hydrogens (primary N) is 2. The summed E-state index contributed by atoms with van der Waals surface area (Å²) in [6.45, 7) is -1.13. The van der Waals surface area contributed by atoms with Gasteiger partial charge < -0.3 is 16.6 Å². The molecule has 0 saturated carbocycles. The third kappa shape index (κ3) is 4.00. The van der Waals surface area contributed by atoms with Crippen LogP contribution in [0.15, 0.2) is 91.0 Å². The molecule has 34 heavy (non-hydrogen) atoms.